The number of ether oxygens (including phenoxy) is 1. The quantitative estimate of drug-likeness (QED) is 0.724. The summed E-state index contributed by atoms with van der Waals surface area (Å²) in [7, 11) is 13.2. The summed E-state index contributed by atoms with van der Waals surface area (Å²) in [5.41, 5.74) is 1.77. The van der Waals surface area contributed by atoms with Crippen LogP contribution in [0, 0.1) is 0 Å². The van der Waals surface area contributed by atoms with E-state index in [1.165, 1.54) is 19.3 Å². The molecule has 6 heteroatoms. The maximum atomic E-state index is 10.3. The van der Waals surface area contributed by atoms with Gasteiger partial charge in [0.05, 0.1) is 7.11 Å². The summed E-state index contributed by atoms with van der Waals surface area (Å²) in [5.74, 6) is 1.62. The van der Waals surface area contributed by atoms with Gasteiger partial charge in [0.1, 0.15) is 11.5 Å². The Morgan fingerprint density at radius 3 is 2.43 bits per heavy atom. The molecule has 116 valence electrons. The zero-order valence-electron chi connectivity index (χ0n) is 12.4. The van der Waals surface area contributed by atoms with Gasteiger partial charge in [0.15, 0.2) is 0 Å². The van der Waals surface area contributed by atoms with Crippen LogP contribution in [0.15, 0.2) is 17.1 Å². The maximum absolute atomic E-state index is 10.3. The molecule has 0 amide bonds. The molecule has 1 saturated carbocycles. The molecule has 2 rings (SSSR count). The van der Waals surface area contributed by atoms with Crippen molar-refractivity contribution in [2.75, 3.05) is 14.2 Å². The van der Waals surface area contributed by atoms with E-state index in [2.05, 4.69) is 4.99 Å². The van der Waals surface area contributed by atoms with Crippen molar-refractivity contribution in [1.82, 2.24) is 0 Å². The third-order valence-electron chi connectivity index (χ3n) is 3.69. The van der Waals surface area contributed by atoms with Gasteiger partial charge in [-0.2, -0.15) is 0 Å². The number of phenols is 1. The molecule has 21 heavy (non-hydrogen) atoms. The summed E-state index contributed by atoms with van der Waals surface area (Å²) in [4.78, 5) is 3.99. The van der Waals surface area contributed by atoms with Gasteiger partial charge in [-0.15, -0.1) is 0 Å². The standard InChI is InChI=1S/C15H21NO2.2ClH.Zr/c1-16-10-12-8-13(18-2)9-14(15(12)17)11-6-4-3-5-7-11;;;/h8-11,17H,3-7H2,1-2H3;2*1H;/q;;;+2/p-2. The fraction of sp³-hybridized carbons (Fsp3) is 0.533. The van der Waals surface area contributed by atoms with Gasteiger partial charge < -0.3 is 9.84 Å². The second-order valence-corrected chi connectivity index (χ2v) is 8.68. The third kappa shape index (κ3) is 5.92. The van der Waals surface area contributed by atoms with Crippen LogP contribution in [0.4, 0.5) is 0 Å². The van der Waals surface area contributed by atoms with Gasteiger partial charge in [0.2, 0.25) is 0 Å². The van der Waals surface area contributed by atoms with E-state index in [4.69, 9.17) is 21.8 Å². The molecule has 0 aliphatic heterocycles. The Labute approximate surface area is 145 Å². The minimum atomic E-state index is -0.826. The summed E-state index contributed by atoms with van der Waals surface area (Å²) in [5, 5.41) is 10.3. The Bertz CT molecular complexity index is 463. The van der Waals surface area contributed by atoms with E-state index in [1.54, 1.807) is 20.4 Å². The fourth-order valence-electron chi connectivity index (χ4n) is 2.73. The Morgan fingerprint density at radius 2 is 1.90 bits per heavy atom. The van der Waals surface area contributed by atoms with Gasteiger partial charge in [-0.05, 0) is 30.9 Å². The first kappa shape index (κ1) is 19.0. The fourth-order valence-corrected chi connectivity index (χ4v) is 2.73. The molecule has 0 radical (unpaired) electrons. The number of hydrogen-bond acceptors (Lipinski definition) is 3. The van der Waals surface area contributed by atoms with Crippen LogP contribution in [-0.2, 0) is 20.8 Å². The Hall–Kier alpha value is -0.0469. The van der Waals surface area contributed by atoms with Crippen molar-refractivity contribution < 1.29 is 30.7 Å². The number of aromatic hydroxyl groups is 1. The van der Waals surface area contributed by atoms with Crippen molar-refractivity contribution >= 4 is 23.2 Å². The summed E-state index contributed by atoms with van der Waals surface area (Å²) < 4.78 is 5.31. The topological polar surface area (TPSA) is 41.8 Å². The molecular formula is C15H21Cl2NO2Zr. The van der Waals surface area contributed by atoms with E-state index < -0.39 is 20.8 Å². The molecule has 0 saturated heterocycles. The van der Waals surface area contributed by atoms with Crippen molar-refractivity contribution in [3.8, 4) is 11.5 Å². The molecule has 1 aliphatic carbocycles. The molecule has 0 spiro atoms. The van der Waals surface area contributed by atoms with E-state index >= 15 is 0 Å². The van der Waals surface area contributed by atoms with Crippen molar-refractivity contribution in [3.05, 3.63) is 23.3 Å². The molecule has 0 aromatic heterocycles. The molecule has 1 aromatic carbocycles. The molecule has 0 atom stereocenters. The van der Waals surface area contributed by atoms with E-state index in [9.17, 15) is 5.11 Å². The molecule has 1 N–H and O–H groups in total. The van der Waals surface area contributed by atoms with Crippen LogP contribution in [0.2, 0.25) is 0 Å². The normalized spacial score (nSPS) is 15.4. The first-order valence-corrected chi connectivity index (χ1v) is 13.3. The van der Waals surface area contributed by atoms with Gasteiger partial charge in [-0.25, -0.2) is 0 Å². The predicted molar refractivity (Wildman–Crippen MR) is 85.7 cm³/mol. The van der Waals surface area contributed by atoms with Crippen LogP contribution >= 0.6 is 17.0 Å². The van der Waals surface area contributed by atoms with Crippen LogP contribution in [0.25, 0.3) is 0 Å². The van der Waals surface area contributed by atoms with E-state index in [0.717, 1.165) is 29.7 Å². The van der Waals surface area contributed by atoms with E-state index in [0.29, 0.717) is 11.7 Å². The SMILES string of the molecule is CN=Cc1cc(OC)cc(C2CCCCC2)c1O.[Cl][Zr][Cl]. The molecule has 3 nitrogen and oxygen atoms in total. The van der Waals surface area contributed by atoms with Crippen LogP contribution < -0.4 is 4.74 Å². The average Bonchev–Trinajstić information content (AvgIpc) is 2.51. The number of hydrogen-bond donors (Lipinski definition) is 1. The number of benzene rings is 1. The molecule has 1 aromatic rings. The van der Waals surface area contributed by atoms with Gasteiger partial charge in [0.25, 0.3) is 0 Å². The van der Waals surface area contributed by atoms with E-state index in [-0.39, 0.29) is 0 Å². The molecular weight excluding hydrogens is 388 g/mol. The van der Waals surface area contributed by atoms with Crippen molar-refractivity contribution in [3.63, 3.8) is 0 Å². The summed E-state index contributed by atoms with van der Waals surface area (Å²) in [6.07, 6.45) is 7.80. The average molecular weight is 409 g/mol. The Kier molecular flexibility index (Phi) is 9.63. The third-order valence-corrected chi connectivity index (χ3v) is 3.69. The number of phenolic OH excluding ortho intramolecular Hbond substituents is 1. The number of rotatable bonds is 3. The van der Waals surface area contributed by atoms with Crippen molar-refractivity contribution in [2.24, 2.45) is 4.99 Å². The number of halogens is 2. The first-order valence-electron chi connectivity index (χ1n) is 6.97. The summed E-state index contributed by atoms with van der Waals surface area (Å²) >= 11 is -0.826. The van der Waals surface area contributed by atoms with Crippen LogP contribution in [0.1, 0.15) is 49.1 Å². The Morgan fingerprint density at radius 1 is 1.29 bits per heavy atom. The number of aliphatic imine (C=N–C) groups is 1. The first-order chi connectivity index (χ1) is 10.2. The molecule has 1 aliphatic rings. The van der Waals surface area contributed by atoms with Gasteiger partial charge >= 0.3 is 37.9 Å². The van der Waals surface area contributed by atoms with Gasteiger partial charge in [0, 0.05) is 24.4 Å². The summed E-state index contributed by atoms with van der Waals surface area (Å²) in [6, 6.07) is 3.80. The number of methoxy groups -OCH3 is 1. The molecule has 1 fully saturated rings. The van der Waals surface area contributed by atoms with Crippen LogP contribution in [0.5, 0.6) is 11.5 Å². The predicted octanol–water partition coefficient (Wildman–Crippen LogP) is 4.87. The van der Waals surface area contributed by atoms with Crippen LogP contribution in [-0.4, -0.2) is 25.5 Å². The second-order valence-electron chi connectivity index (χ2n) is 4.95. The zero-order chi connectivity index (χ0) is 15.7. The van der Waals surface area contributed by atoms with Crippen molar-refractivity contribution in [1.29, 1.82) is 0 Å². The molecule has 0 unspecified atom stereocenters. The molecule has 0 bridgehead atoms. The molecule has 0 heterocycles. The monoisotopic (exact) mass is 407 g/mol. The minimum absolute atomic E-state index is 0.369. The zero-order valence-corrected chi connectivity index (χ0v) is 16.4. The van der Waals surface area contributed by atoms with Gasteiger partial charge in [-0.3, -0.25) is 4.99 Å². The Balaban J connectivity index is 0.000000677. The van der Waals surface area contributed by atoms with Gasteiger partial charge in [-0.1, -0.05) is 19.3 Å². The van der Waals surface area contributed by atoms with Crippen LogP contribution in [0.3, 0.4) is 0 Å². The summed E-state index contributed by atoms with van der Waals surface area (Å²) in [6.45, 7) is 0. The second kappa shape index (κ2) is 10.6. The van der Waals surface area contributed by atoms with Crippen molar-refractivity contribution in [2.45, 2.75) is 38.0 Å². The van der Waals surface area contributed by atoms with E-state index in [1.807, 2.05) is 12.1 Å². The number of nitrogens with zero attached hydrogens (tertiary/aromatic N) is 1.